The summed E-state index contributed by atoms with van der Waals surface area (Å²) in [6.45, 7) is 11.7. The van der Waals surface area contributed by atoms with Gasteiger partial charge in [0, 0.05) is 0 Å². The first kappa shape index (κ1) is 13.7. The molecule has 4 bridgehead atoms. The van der Waals surface area contributed by atoms with Crippen molar-refractivity contribution in [1.82, 2.24) is 0 Å². The molecule has 5 atom stereocenters. The van der Waals surface area contributed by atoms with E-state index in [1.165, 1.54) is 31.3 Å². The molecular formula is C17H28OSi. The van der Waals surface area contributed by atoms with Gasteiger partial charge in [-0.3, -0.25) is 0 Å². The lowest BCUT2D eigenvalue weighted by atomic mass is 9.75. The van der Waals surface area contributed by atoms with Gasteiger partial charge >= 0.3 is 0 Å². The van der Waals surface area contributed by atoms with Crippen molar-refractivity contribution in [2.24, 2.45) is 17.8 Å². The van der Waals surface area contributed by atoms with Crippen LogP contribution < -0.4 is 0 Å². The van der Waals surface area contributed by atoms with Crippen LogP contribution in [0, 0.1) is 17.8 Å². The molecule has 4 unspecified atom stereocenters. The van der Waals surface area contributed by atoms with E-state index in [9.17, 15) is 0 Å². The van der Waals surface area contributed by atoms with E-state index in [0.29, 0.717) is 6.10 Å². The summed E-state index contributed by atoms with van der Waals surface area (Å²) >= 11 is 0. The Kier molecular flexibility index (Phi) is 3.13. The lowest BCUT2D eigenvalue weighted by Crippen LogP contribution is -2.37. The van der Waals surface area contributed by atoms with Crippen LogP contribution in [0.25, 0.3) is 0 Å². The SMILES string of the molecule is CC(=C=C[Si](C)(C)C)CC1C2C[C@H]3CC1OC3(C)C2. The van der Waals surface area contributed by atoms with Crippen LogP contribution in [0.4, 0.5) is 0 Å². The van der Waals surface area contributed by atoms with Crippen LogP contribution in [-0.2, 0) is 4.74 Å². The number of allylic oxidation sites excluding steroid dienone is 1. The molecule has 4 aliphatic rings. The van der Waals surface area contributed by atoms with E-state index >= 15 is 0 Å². The van der Waals surface area contributed by atoms with Gasteiger partial charge in [0.1, 0.15) is 0 Å². The van der Waals surface area contributed by atoms with Gasteiger partial charge in [-0.15, -0.1) is 5.73 Å². The molecule has 2 aliphatic carbocycles. The van der Waals surface area contributed by atoms with Gasteiger partial charge < -0.3 is 4.74 Å². The number of ether oxygens (including phenoxy) is 1. The third-order valence-electron chi connectivity index (χ3n) is 5.43. The molecule has 4 fully saturated rings. The Morgan fingerprint density at radius 3 is 2.68 bits per heavy atom. The maximum absolute atomic E-state index is 6.35. The van der Waals surface area contributed by atoms with E-state index in [1.807, 2.05) is 0 Å². The van der Waals surface area contributed by atoms with Gasteiger partial charge in [-0.25, -0.2) is 0 Å². The molecule has 2 heteroatoms. The molecular weight excluding hydrogens is 248 g/mol. The minimum Gasteiger partial charge on any atom is -0.371 e. The summed E-state index contributed by atoms with van der Waals surface area (Å²) in [5, 5.41) is 0. The maximum Gasteiger partial charge on any atom is 0.0781 e. The van der Waals surface area contributed by atoms with Crippen molar-refractivity contribution >= 4 is 8.07 Å². The van der Waals surface area contributed by atoms with E-state index in [0.717, 1.165) is 17.8 Å². The molecule has 0 aromatic heterocycles. The Hall–Kier alpha value is -0.303. The molecule has 0 aromatic rings. The highest BCUT2D eigenvalue weighted by Crippen LogP contribution is 2.60. The molecule has 0 spiro atoms. The summed E-state index contributed by atoms with van der Waals surface area (Å²) in [4.78, 5) is 0. The topological polar surface area (TPSA) is 9.23 Å². The largest absolute Gasteiger partial charge is 0.371 e. The molecule has 0 radical (unpaired) electrons. The molecule has 1 nitrogen and oxygen atoms in total. The van der Waals surface area contributed by atoms with Crippen LogP contribution in [0.15, 0.2) is 17.0 Å². The van der Waals surface area contributed by atoms with Gasteiger partial charge in [0.05, 0.1) is 19.8 Å². The van der Waals surface area contributed by atoms with Crippen molar-refractivity contribution in [1.29, 1.82) is 0 Å². The van der Waals surface area contributed by atoms with Crippen molar-refractivity contribution < 1.29 is 4.74 Å². The summed E-state index contributed by atoms with van der Waals surface area (Å²) in [5.74, 6) is 2.56. The Morgan fingerprint density at radius 1 is 1.37 bits per heavy atom. The van der Waals surface area contributed by atoms with Crippen LogP contribution in [0.2, 0.25) is 19.6 Å². The van der Waals surface area contributed by atoms with Gasteiger partial charge in [0.25, 0.3) is 0 Å². The van der Waals surface area contributed by atoms with E-state index in [-0.39, 0.29) is 5.60 Å². The minimum atomic E-state index is -1.11. The van der Waals surface area contributed by atoms with E-state index in [1.54, 1.807) is 0 Å². The lowest BCUT2D eigenvalue weighted by Gasteiger charge is -2.37. The second-order valence-electron chi connectivity index (χ2n) is 8.40. The number of hydrogen-bond acceptors (Lipinski definition) is 1. The Labute approximate surface area is 119 Å². The van der Waals surface area contributed by atoms with Crippen LogP contribution in [0.3, 0.4) is 0 Å². The predicted molar refractivity (Wildman–Crippen MR) is 82.8 cm³/mol. The zero-order valence-corrected chi connectivity index (χ0v) is 14.1. The summed E-state index contributed by atoms with van der Waals surface area (Å²) in [6.07, 6.45) is 5.81. The van der Waals surface area contributed by atoms with E-state index < -0.39 is 8.07 Å². The van der Waals surface area contributed by atoms with Crippen molar-refractivity contribution in [3.8, 4) is 0 Å². The first-order chi connectivity index (χ1) is 8.77. The van der Waals surface area contributed by atoms with E-state index in [4.69, 9.17) is 4.74 Å². The molecule has 2 saturated heterocycles. The van der Waals surface area contributed by atoms with Gasteiger partial charge in [-0.05, 0) is 62.9 Å². The van der Waals surface area contributed by atoms with Crippen molar-refractivity contribution in [3.63, 3.8) is 0 Å². The molecule has 0 aromatic carbocycles. The summed E-state index contributed by atoms with van der Waals surface area (Å²) < 4.78 is 6.35. The summed E-state index contributed by atoms with van der Waals surface area (Å²) in [7, 11) is -1.11. The average Bonchev–Trinajstić information content (AvgIpc) is 2.67. The molecule has 2 heterocycles. The van der Waals surface area contributed by atoms with Gasteiger partial charge in [-0.2, -0.15) is 0 Å². The monoisotopic (exact) mass is 276 g/mol. The third kappa shape index (κ3) is 2.51. The first-order valence-corrected chi connectivity index (χ1v) is 11.5. The fourth-order valence-electron chi connectivity index (χ4n) is 4.49. The van der Waals surface area contributed by atoms with Gasteiger partial charge in [0.2, 0.25) is 0 Å². The van der Waals surface area contributed by atoms with Crippen LogP contribution in [0.5, 0.6) is 0 Å². The molecule has 0 N–H and O–H groups in total. The van der Waals surface area contributed by atoms with Crippen molar-refractivity contribution in [2.75, 3.05) is 0 Å². The lowest BCUT2D eigenvalue weighted by molar-refractivity contribution is -0.0997. The molecule has 106 valence electrons. The number of rotatable bonds is 3. The fourth-order valence-corrected chi connectivity index (χ4v) is 5.17. The average molecular weight is 276 g/mol. The summed E-state index contributed by atoms with van der Waals surface area (Å²) in [5.41, 5.74) is 7.62. The third-order valence-corrected chi connectivity index (χ3v) is 6.44. The second-order valence-corrected chi connectivity index (χ2v) is 13.4. The summed E-state index contributed by atoms with van der Waals surface area (Å²) in [6, 6.07) is 0. The highest BCUT2D eigenvalue weighted by Gasteiger charge is 2.60. The zero-order valence-electron chi connectivity index (χ0n) is 13.1. The highest BCUT2D eigenvalue weighted by atomic mass is 28.3. The molecule has 2 aliphatic heterocycles. The molecule has 2 saturated carbocycles. The molecule has 19 heavy (non-hydrogen) atoms. The highest BCUT2D eigenvalue weighted by molar-refractivity contribution is 6.80. The van der Waals surface area contributed by atoms with E-state index in [2.05, 4.69) is 44.9 Å². The van der Waals surface area contributed by atoms with Crippen molar-refractivity contribution in [3.05, 3.63) is 17.0 Å². The molecule has 0 amide bonds. The van der Waals surface area contributed by atoms with Crippen molar-refractivity contribution in [2.45, 2.75) is 70.9 Å². The van der Waals surface area contributed by atoms with Crippen LogP contribution >= 0.6 is 0 Å². The Morgan fingerprint density at radius 2 is 2.11 bits per heavy atom. The Bertz CT molecular complexity index is 423. The normalized spacial score (nSPS) is 43.4. The molecule has 4 rings (SSSR count). The first-order valence-electron chi connectivity index (χ1n) is 7.88. The Balaban J connectivity index is 1.71. The minimum absolute atomic E-state index is 0.248. The zero-order chi connectivity index (χ0) is 13.8. The van der Waals surface area contributed by atoms with Crippen LogP contribution in [0.1, 0.15) is 39.5 Å². The maximum atomic E-state index is 6.35. The van der Waals surface area contributed by atoms with Gasteiger partial charge in [0.15, 0.2) is 0 Å². The standard InChI is InChI=1S/C17H28OSi/c1-12(6-7-19(3,4)5)8-15-13-9-14-10-16(15)18-17(14,2)11-13/h7,13-16H,8-11H2,1-5H3/t6?,13?,14-,15?,16?,17?/m0/s1. The van der Waals surface area contributed by atoms with Gasteiger partial charge in [-0.1, -0.05) is 25.3 Å². The number of hydrogen-bond donors (Lipinski definition) is 0. The fraction of sp³-hybridized carbons (Fsp3) is 0.824. The second kappa shape index (κ2) is 4.34. The van der Waals surface area contributed by atoms with Crippen LogP contribution in [-0.4, -0.2) is 19.8 Å². The quantitative estimate of drug-likeness (QED) is 0.542. The predicted octanol–water partition coefficient (Wildman–Crippen LogP) is 4.56. The smallest absolute Gasteiger partial charge is 0.0781 e.